The van der Waals surface area contributed by atoms with Crippen LogP contribution >= 0.6 is 34.8 Å². The van der Waals surface area contributed by atoms with Gasteiger partial charge in [-0.25, -0.2) is 0 Å². The maximum atomic E-state index is 12.3. The average Bonchev–Trinajstić information content (AvgIpc) is 3.02. The number of amides is 1. The number of piperazine rings is 1. The molecule has 1 amide bonds. The van der Waals surface area contributed by atoms with Crippen molar-refractivity contribution in [2.45, 2.75) is 35.8 Å². The van der Waals surface area contributed by atoms with Crippen molar-refractivity contribution in [2.75, 3.05) is 42.9 Å². The maximum Gasteiger partial charge on any atom is 0.276 e. The van der Waals surface area contributed by atoms with Crippen LogP contribution < -0.4 is 10.2 Å². The molecule has 2 heterocycles. The minimum atomic E-state index is -2.11. The Kier molecular flexibility index (Phi) is 10.3. The lowest BCUT2D eigenvalue weighted by atomic mass is 9.90. The van der Waals surface area contributed by atoms with Gasteiger partial charge in [0, 0.05) is 67.7 Å². The van der Waals surface area contributed by atoms with Crippen LogP contribution in [0.4, 0.5) is 17.1 Å². The molecule has 5 rings (SSSR count). The molecule has 3 aromatic rings. The van der Waals surface area contributed by atoms with E-state index >= 15 is 0 Å². The molecule has 4 atom stereocenters. The average molecular weight is 664 g/mol. The van der Waals surface area contributed by atoms with Crippen molar-refractivity contribution in [3.63, 3.8) is 0 Å². The molecule has 10 nitrogen and oxygen atoms in total. The quantitative estimate of drug-likeness (QED) is 0.171. The Labute approximate surface area is 270 Å². The molecule has 0 spiro atoms. The number of nitrogens with one attached hydrogen (secondary N) is 1. The van der Waals surface area contributed by atoms with Gasteiger partial charge in [0.05, 0.1) is 23.7 Å². The SMILES string of the molecule is C[C@@H]1[C@H](CN2CCN(c3ccc([N+](=O)[O-])cc3)CC2)O[C@H](c2cccc(NC(=O)C(Cl)(Cl)Cl)c2)O[C@@H]1c1ccc(CO)cc1. The molecule has 2 aliphatic rings. The fourth-order valence-corrected chi connectivity index (χ4v) is 5.66. The number of ether oxygens (including phenoxy) is 2. The van der Waals surface area contributed by atoms with Crippen LogP contribution in [0.25, 0.3) is 0 Å². The summed E-state index contributed by atoms with van der Waals surface area (Å²) in [7, 11) is 0. The Morgan fingerprint density at radius 3 is 2.30 bits per heavy atom. The number of hydrogen-bond donors (Lipinski definition) is 2. The third-order valence-electron chi connectivity index (χ3n) is 8.03. The number of aliphatic hydroxyl groups is 1. The third kappa shape index (κ3) is 7.81. The van der Waals surface area contributed by atoms with Gasteiger partial charge in [0.15, 0.2) is 6.29 Å². The number of anilines is 2. The Bertz CT molecular complexity index is 1450. The summed E-state index contributed by atoms with van der Waals surface area (Å²) < 4.78 is 11.0. The normalized spacial score (nSPS) is 22.9. The molecular formula is C31H33Cl3N4O6. The molecule has 0 unspecified atom stereocenters. The van der Waals surface area contributed by atoms with E-state index in [1.165, 1.54) is 12.1 Å². The Morgan fingerprint density at radius 2 is 1.68 bits per heavy atom. The molecule has 0 bridgehead atoms. The van der Waals surface area contributed by atoms with Gasteiger partial charge in [-0.1, -0.05) is 78.1 Å². The molecule has 0 radical (unpaired) electrons. The van der Waals surface area contributed by atoms with E-state index in [9.17, 15) is 20.0 Å². The van der Waals surface area contributed by atoms with E-state index in [0.717, 1.165) is 43.0 Å². The molecule has 234 valence electrons. The van der Waals surface area contributed by atoms with E-state index in [1.54, 1.807) is 30.3 Å². The van der Waals surface area contributed by atoms with Crippen molar-refractivity contribution in [1.29, 1.82) is 0 Å². The van der Waals surface area contributed by atoms with E-state index in [1.807, 2.05) is 30.3 Å². The number of non-ortho nitro benzene ring substituents is 1. The lowest BCUT2D eigenvalue weighted by Crippen LogP contribution is -2.51. The number of halogens is 3. The molecular weight excluding hydrogens is 631 g/mol. The van der Waals surface area contributed by atoms with Crippen LogP contribution in [0.5, 0.6) is 0 Å². The summed E-state index contributed by atoms with van der Waals surface area (Å²) in [4.78, 5) is 27.5. The van der Waals surface area contributed by atoms with Crippen molar-refractivity contribution < 1.29 is 24.3 Å². The highest BCUT2D eigenvalue weighted by Crippen LogP contribution is 2.42. The highest BCUT2D eigenvalue weighted by Gasteiger charge is 2.40. The number of benzene rings is 3. The van der Waals surface area contributed by atoms with E-state index in [2.05, 4.69) is 22.0 Å². The number of alkyl halides is 3. The summed E-state index contributed by atoms with van der Waals surface area (Å²) in [6.07, 6.45) is -1.22. The molecule has 0 aliphatic carbocycles. The van der Waals surface area contributed by atoms with Gasteiger partial charge in [0.2, 0.25) is 0 Å². The monoisotopic (exact) mass is 662 g/mol. The van der Waals surface area contributed by atoms with Crippen molar-refractivity contribution in [1.82, 2.24) is 4.90 Å². The standard InChI is InChI=1S/C31H33Cl3N4O6/c1-20-27(18-36-13-15-37(16-14-36)25-9-11-26(12-10-25)38(41)42)43-29(44-28(20)22-7-5-21(19-39)6-8-22)23-3-2-4-24(17-23)35-30(40)31(32,33)34/h2-12,17,20,27-29,39H,13-16,18-19H2,1H3,(H,35,40)/t20-,27+,28+,29+/m1/s1. The fraction of sp³-hybridized carbons (Fsp3) is 0.387. The van der Waals surface area contributed by atoms with E-state index in [4.69, 9.17) is 44.3 Å². The predicted octanol–water partition coefficient (Wildman–Crippen LogP) is 6.01. The van der Waals surface area contributed by atoms with Gasteiger partial charge < -0.3 is 24.8 Å². The highest BCUT2D eigenvalue weighted by atomic mass is 35.6. The minimum Gasteiger partial charge on any atom is -0.392 e. The molecule has 2 saturated heterocycles. The molecule has 0 aromatic heterocycles. The molecule has 2 fully saturated rings. The third-order valence-corrected chi connectivity index (χ3v) is 8.55. The van der Waals surface area contributed by atoms with Crippen LogP contribution in [0, 0.1) is 16.0 Å². The second-order valence-corrected chi connectivity index (χ2v) is 13.2. The minimum absolute atomic E-state index is 0.00817. The Hall–Kier alpha value is -2.96. The summed E-state index contributed by atoms with van der Waals surface area (Å²) >= 11 is 17.2. The zero-order valence-electron chi connectivity index (χ0n) is 23.9. The van der Waals surface area contributed by atoms with Gasteiger partial charge in [-0.3, -0.25) is 19.8 Å². The Morgan fingerprint density at radius 1 is 1.00 bits per heavy atom. The molecule has 0 saturated carbocycles. The van der Waals surface area contributed by atoms with E-state index in [-0.39, 0.29) is 30.4 Å². The van der Waals surface area contributed by atoms with Crippen molar-refractivity contribution in [3.05, 3.63) is 99.6 Å². The molecule has 3 aromatic carbocycles. The van der Waals surface area contributed by atoms with Crippen LogP contribution in [0.2, 0.25) is 0 Å². The number of hydrogen-bond acceptors (Lipinski definition) is 8. The first-order chi connectivity index (χ1) is 21.0. The van der Waals surface area contributed by atoms with Crippen molar-refractivity contribution in [3.8, 4) is 0 Å². The summed E-state index contributed by atoms with van der Waals surface area (Å²) in [6.45, 7) is 5.87. The lowest BCUT2D eigenvalue weighted by molar-refractivity contribution is -0.384. The van der Waals surface area contributed by atoms with Crippen LogP contribution in [0.15, 0.2) is 72.8 Å². The second-order valence-electron chi connectivity index (χ2n) is 11.0. The number of nitrogens with zero attached hydrogens (tertiary/aromatic N) is 3. The van der Waals surface area contributed by atoms with Gasteiger partial charge >= 0.3 is 0 Å². The van der Waals surface area contributed by atoms with Crippen LogP contribution in [0.3, 0.4) is 0 Å². The number of carbonyl (C=O) groups is 1. The van der Waals surface area contributed by atoms with E-state index < -0.39 is 20.9 Å². The van der Waals surface area contributed by atoms with Gasteiger partial charge in [0.25, 0.3) is 15.4 Å². The first-order valence-corrected chi connectivity index (χ1v) is 15.4. The number of rotatable bonds is 8. The topological polar surface area (TPSA) is 117 Å². The Balaban J connectivity index is 1.32. The summed E-state index contributed by atoms with van der Waals surface area (Å²) in [5.41, 5.74) is 3.95. The van der Waals surface area contributed by atoms with Crippen molar-refractivity contribution >= 4 is 57.8 Å². The zero-order valence-corrected chi connectivity index (χ0v) is 26.2. The van der Waals surface area contributed by atoms with Gasteiger partial charge in [0.1, 0.15) is 0 Å². The van der Waals surface area contributed by atoms with Gasteiger partial charge in [-0.15, -0.1) is 0 Å². The van der Waals surface area contributed by atoms with Gasteiger partial charge in [-0.2, -0.15) is 0 Å². The van der Waals surface area contributed by atoms with Crippen LogP contribution in [-0.2, 0) is 20.9 Å². The lowest BCUT2D eigenvalue weighted by Gasteiger charge is -2.44. The molecule has 2 N–H and O–H groups in total. The molecule has 2 aliphatic heterocycles. The first kappa shape index (κ1) is 32.4. The smallest absolute Gasteiger partial charge is 0.276 e. The van der Waals surface area contributed by atoms with Crippen LogP contribution in [-0.4, -0.2) is 63.5 Å². The number of aliphatic hydroxyl groups excluding tert-OH is 1. The maximum absolute atomic E-state index is 12.3. The summed E-state index contributed by atoms with van der Waals surface area (Å²) in [5, 5.41) is 23.2. The fourth-order valence-electron chi connectivity index (χ4n) is 5.52. The van der Waals surface area contributed by atoms with Gasteiger partial charge in [-0.05, 0) is 35.4 Å². The molecule has 13 heteroatoms. The number of nitro benzene ring substituents is 1. The largest absolute Gasteiger partial charge is 0.392 e. The summed E-state index contributed by atoms with van der Waals surface area (Å²) in [6, 6.07) is 21.4. The summed E-state index contributed by atoms with van der Waals surface area (Å²) in [5.74, 6) is -0.780. The number of carbonyl (C=O) groups excluding carboxylic acids is 1. The van der Waals surface area contributed by atoms with Crippen LogP contribution in [0.1, 0.15) is 36.0 Å². The van der Waals surface area contributed by atoms with Crippen molar-refractivity contribution in [2.24, 2.45) is 5.92 Å². The highest BCUT2D eigenvalue weighted by molar-refractivity contribution is 6.76. The van der Waals surface area contributed by atoms with E-state index in [0.29, 0.717) is 17.8 Å². The predicted molar refractivity (Wildman–Crippen MR) is 170 cm³/mol. The second kappa shape index (κ2) is 14.0. The first-order valence-electron chi connectivity index (χ1n) is 14.2. The zero-order chi connectivity index (χ0) is 31.4. The number of nitro groups is 1. The molecule has 44 heavy (non-hydrogen) atoms.